The van der Waals surface area contributed by atoms with Crippen molar-refractivity contribution in [3.05, 3.63) is 84.2 Å². The summed E-state index contributed by atoms with van der Waals surface area (Å²) < 4.78 is 5.63. The van der Waals surface area contributed by atoms with Crippen molar-refractivity contribution in [3.8, 4) is 11.3 Å². The van der Waals surface area contributed by atoms with E-state index in [1.807, 2.05) is 38.1 Å². The lowest BCUT2D eigenvalue weighted by Gasteiger charge is -2.15. The maximum absolute atomic E-state index is 5.63. The average Bonchev–Trinajstić information content (AvgIpc) is 3.30. The van der Waals surface area contributed by atoms with E-state index in [2.05, 4.69) is 62.2 Å². The third-order valence-corrected chi connectivity index (χ3v) is 5.52. The second kappa shape index (κ2) is 11.6. The van der Waals surface area contributed by atoms with Gasteiger partial charge < -0.3 is 9.64 Å². The Balaban J connectivity index is 0.00000385. The molecule has 32 heavy (non-hydrogen) atoms. The van der Waals surface area contributed by atoms with Crippen LogP contribution in [-0.4, -0.2) is 49.4 Å². The predicted octanol–water partition coefficient (Wildman–Crippen LogP) is 6.05. The highest BCUT2D eigenvalue weighted by Crippen LogP contribution is 2.27. The Morgan fingerprint density at radius 3 is 2.81 bits per heavy atom. The summed E-state index contributed by atoms with van der Waals surface area (Å²) in [4.78, 5) is 11.9. The lowest BCUT2D eigenvalue weighted by Crippen LogP contribution is -2.12. The van der Waals surface area contributed by atoms with Crippen LogP contribution in [0.4, 0.5) is 0 Å². The molecule has 1 aliphatic rings. The van der Waals surface area contributed by atoms with Crippen LogP contribution in [0.3, 0.4) is 0 Å². The number of hydrogen-bond donors (Lipinski definition) is 0. The molecule has 2 heterocycles. The largest absolute Gasteiger partial charge is 0.383 e. The molecule has 0 spiro atoms. The summed E-state index contributed by atoms with van der Waals surface area (Å²) in [7, 11) is 4.04. The monoisotopic (exact) mass is 431 g/mol. The molecule has 0 radical (unpaired) electrons. The van der Waals surface area contributed by atoms with E-state index in [-0.39, 0.29) is 1.43 Å². The molecule has 0 bridgehead atoms. The van der Waals surface area contributed by atoms with Crippen LogP contribution in [0.1, 0.15) is 38.5 Å². The van der Waals surface area contributed by atoms with Crippen LogP contribution in [0.2, 0.25) is 0 Å². The predicted molar refractivity (Wildman–Crippen MR) is 138 cm³/mol. The third-order valence-electron chi connectivity index (χ3n) is 5.52. The van der Waals surface area contributed by atoms with E-state index in [9.17, 15) is 0 Å². The van der Waals surface area contributed by atoms with Crippen LogP contribution in [0.5, 0.6) is 0 Å². The fraction of sp³-hybridized carbons (Fsp3) is 0.357. The molecular formula is C28H37N3O. The number of hydrogen-bond acceptors (Lipinski definition) is 4. The molecule has 1 fully saturated rings. The van der Waals surface area contributed by atoms with Crippen LogP contribution in [0.25, 0.3) is 16.8 Å². The fourth-order valence-corrected chi connectivity index (χ4v) is 4.01. The molecule has 0 amide bonds. The third kappa shape index (κ3) is 6.04. The Hall–Kier alpha value is -2.98. The minimum absolute atomic E-state index is 0. The van der Waals surface area contributed by atoms with Gasteiger partial charge in [-0.25, -0.2) is 0 Å². The molecular weight excluding hydrogens is 394 g/mol. The second-order valence-corrected chi connectivity index (χ2v) is 8.32. The fourth-order valence-electron chi connectivity index (χ4n) is 4.01. The normalized spacial score (nSPS) is 17.2. The molecule has 0 aliphatic carbocycles. The van der Waals surface area contributed by atoms with Gasteiger partial charge in [0.1, 0.15) is 0 Å². The van der Waals surface area contributed by atoms with E-state index in [1.165, 1.54) is 0 Å². The molecule has 3 rings (SSSR count). The Kier molecular flexibility index (Phi) is 8.57. The van der Waals surface area contributed by atoms with E-state index in [0.29, 0.717) is 5.92 Å². The molecule has 4 heteroatoms. The molecule has 1 aromatic heterocycles. The zero-order valence-electron chi connectivity index (χ0n) is 19.8. The van der Waals surface area contributed by atoms with Crippen molar-refractivity contribution in [1.29, 1.82) is 0 Å². The molecule has 0 N–H and O–H groups in total. The first-order valence-corrected chi connectivity index (χ1v) is 11.4. The molecule has 4 nitrogen and oxygen atoms in total. The molecule has 0 saturated carbocycles. The zero-order chi connectivity index (χ0) is 22.9. The first-order valence-electron chi connectivity index (χ1n) is 11.4. The zero-order valence-corrected chi connectivity index (χ0v) is 19.8. The van der Waals surface area contributed by atoms with Crippen molar-refractivity contribution in [2.24, 2.45) is 10.9 Å². The second-order valence-electron chi connectivity index (χ2n) is 8.32. The van der Waals surface area contributed by atoms with Crippen molar-refractivity contribution >= 4 is 11.3 Å². The van der Waals surface area contributed by atoms with E-state index < -0.39 is 0 Å². The first kappa shape index (κ1) is 23.7. The minimum Gasteiger partial charge on any atom is -0.383 e. The first-order chi connectivity index (χ1) is 15.5. The van der Waals surface area contributed by atoms with E-state index in [0.717, 1.165) is 72.0 Å². The van der Waals surface area contributed by atoms with Gasteiger partial charge in [-0.3, -0.25) is 9.98 Å². The number of ether oxygens (including phenoxy) is 1. The number of rotatable bonds is 9. The highest BCUT2D eigenvalue weighted by Gasteiger charge is 2.20. The van der Waals surface area contributed by atoms with Crippen molar-refractivity contribution in [1.82, 2.24) is 9.88 Å². The molecule has 1 aliphatic heterocycles. The van der Waals surface area contributed by atoms with E-state index in [1.54, 1.807) is 0 Å². The lowest BCUT2D eigenvalue weighted by atomic mass is 9.95. The molecule has 2 aromatic rings. The Morgan fingerprint density at radius 1 is 1.31 bits per heavy atom. The number of aliphatic imine (C=N–C) groups is 1. The highest BCUT2D eigenvalue weighted by molar-refractivity contribution is 6.09. The van der Waals surface area contributed by atoms with Gasteiger partial charge in [0.2, 0.25) is 0 Å². The summed E-state index contributed by atoms with van der Waals surface area (Å²) in [6.07, 6.45) is 10.1. The molecule has 1 aromatic carbocycles. The van der Waals surface area contributed by atoms with Crippen LogP contribution >= 0.6 is 0 Å². The lowest BCUT2D eigenvalue weighted by molar-refractivity contribution is 0.185. The average molecular weight is 432 g/mol. The van der Waals surface area contributed by atoms with Gasteiger partial charge in [0.05, 0.1) is 17.1 Å². The SMILES string of the molecule is C=C/C(=C\N(C)C)c1cccc(-c2ccc(C(/C=C\C)=NCC)c(CC3CCOC3)n2)c1.[HH]. The van der Waals surface area contributed by atoms with Crippen molar-refractivity contribution < 1.29 is 6.16 Å². The summed E-state index contributed by atoms with van der Waals surface area (Å²) in [5, 5.41) is 0. The number of benzene rings is 1. The highest BCUT2D eigenvalue weighted by atomic mass is 16.5. The van der Waals surface area contributed by atoms with Gasteiger partial charge in [-0.15, -0.1) is 0 Å². The Bertz CT molecular complexity index is 1020. The standard InChI is InChI=1S/C28H35N3O.H2/c1-6-10-27(29-8-3)25-13-14-26(30-28(25)17-21-15-16-32-20-21)24-12-9-11-23(18-24)22(7-2)19-31(4)5;/h6-7,9-14,18-19,21H,2,8,15-17,20H2,1,3-5H3;1H/b10-6-,22-19+,29-27?;. The summed E-state index contributed by atoms with van der Waals surface area (Å²) in [5.74, 6) is 0.506. The van der Waals surface area contributed by atoms with Gasteiger partial charge in [-0.1, -0.05) is 36.9 Å². The van der Waals surface area contributed by atoms with Gasteiger partial charge in [0.15, 0.2) is 0 Å². The molecule has 170 valence electrons. The van der Waals surface area contributed by atoms with Gasteiger partial charge in [0.25, 0.3) is 0 Å². The Labute approximate surface area is 194 Å². The molecule has 1 unspecified atom stereocenters. The summed E-state index contributed by atoms with van der Waals surface area (Å²) >= 11 is 0. The summed E-state index contributed by atoms with van der Waals surface area (Å²) in [5.41, 5.74) is 7.52. The van der Waals surface area contributed by atoms with Gasteiger partial charge >= 0.3 is 0 Å². The van der Waals surface area contributed by atoms with Gasteiger partial charge in [0, 0.05) is 52.6 Å². The van der Waals surface area contributed by atoms with Crippen molar-refractivity contribution in [2.75, 3.05) is 33.9 Å². The van der Waals surface area contributed by atoms with Gasteiger partial charge in [-0.2, -0.15) is 0 Å². The van der Waals surface area contributed by atoms with E-state index >= 15 is 0 Å². The number of aromatic nitrogens is 1. The molecule has 1 saturated heterocycles. The maximum atomic E-state index is 5.63. The van der Waals surface area contributed by atoms with Crippen LogP contribution in [0, 0.1) is 5.92 Å². The maximum Gasteiger partial charge on any atom is 0.0706 e. The summed E-state index contributed by atoms with van der Waals surface area (Å²) in [6, 6.07) is 12.8. The smallest absolute Gasteiger partial charge is 0.0706 e. The minimum atomic E-state index is 0. The van der Waals surface area contributed by atoms with E-state index in [4.69, 9.17) is 14.7 Å². The summed E-state index contributed by atoms with van der Waals surface area (Å²) in [6.45, 7) is 10.5. The van der Waals surface area contributed by atoms with Crippen molar-refractivity contribution in [2.45, 2.75) is 26.7 Å². The van der Waals surface area contributed by atoms with Crippen LogP contribution < -0.4 is 0 Å². The topological polar surface area (TPSA) is 37.7 Å². The Morgan fingerprint density at radius 2 is 2.16 bits per heavy atom. The number of allylic oxidation sites excluding steroid dienone is 4. The van der Waals surface area contributed by atoms with Crippen molar-refractivity contribution in [3.63, 3.8) is 0 Å². The van der Waals surface area contributed by atoms with Gasteiger partial charge in [-0.05, 0) is 68.0 Å². The molecule has 1 atom stereocenters. The number of nitrogens with zero attached hydrogens (tertiary/aromatic N) is 3. The number of pyridine rings is 1. The quantitative estimate of drug-likeness (QED) is 0.358. The van der Waals surface area contributed by atoms with Crippen LogP contribution in [-0.2, 0) is 11.2 Å². The van der Waals surface area contributed by atoms with Crippen LogP contribution in [0.15, 0.2) is 72.4 Å².